The Morgan fingerprint density at radius 2 is 1.74 bits per heavy atom. The number of amides is 1. The van der Waals surface area contributed by atoms with Gasteiger partial charge in [0.05, 0.1) is 0 Å². The molecule has 0 atom stereocenters. The summed E-state index contributed by atoms with van der Waals surface area (Å²) in [5.74, 6) is -0.459. The monoisotopic (exact) mass is 255 g/mol. The standard InChI is InChI=1S/C16H14FNO/c17-15-9-6-13(7-10-15)8-11-16(19)18-12-14-4-2-1-3-5-14/h1-11H,12H2,(H,18,19)/b11-8+. The molecule has 2 aromatic carbocycles. The molecule has 0 spiro atoms. The normalized spacial score (nSPS) is 10.6. The molecule has 0 aliphatic rings. The Hall–Kier alpha value is -2.42. The first kappa shape index (κ1) is 13.0. The summed E-state index contributed by atoms with van der Waals surface area (Å²) < 4.78 is 12.7. The molecule has 0 fully saturated rings. The van der Waals surface area contributed by atoms with Gasteiger partial charge in [-0.2, -0.15) is 0 Å². The van der Waals surface area contributed by atoms with E-state index in [0.717, 1.165) is 11.1 Å². The molecule has 3 heteroatoms. The molecule has 96 valence electrons. The van der Waals surface area contributed by atoms with E-state index in [-0.39, 0.29) is 11.7 Å². The van der Waals surface area contributed by atoms with Gasteiger partial charge in [-0.3, -0.25) is 4.79 Å². The Kier molecular flexibility index (Phi) is 4.45. The fourth-order valence-corrected chi connectivity index (χ4v) is 1.59. The lowest BCUT2D eigenvalue weighted by Gasteiger charge is -2.01. The summed E-state index contributed by atoms with van der Waals surface area (Å²) in [7, 11) is 0. The van der Waals surface area contributed by atoms with E-state index >= 15 is 0 Å². The summed E-state index contributed by atoms with van der Waals surface area (Å²) in [6.07, 6.45) is 3.09. The Balaban J connectivity index is 1.86. The van der Waals surface area contributed by atoms with Crippen molar-refractivity contribution in [2.45, 2.75) is 6.54 Å². The van der Waals surface area contributed by atoms with Crippen LogP contribution in [0.3, 0.4) is 0 Å². The second-order valence-electron chi connectivity index (χ2n) is 4.09. The maximum Gasteiger partial charge on any atom is 0.244 e. The molecular weight excluding hydrogens is 241 g/mol. The van der Waals surface area contributed by atoms with Crippen LogP contribution >= 0.6 is 0 Å². The molecule has 2 aromatic rings. The fourth-order valence-electron chi connectivity index (χ4n) is 1.59. The van der Waals surface area contributed by atoms with Gasteiger partial charge >= 0.3 is 0 Å². The van der Waals surface area contributed by atoms with E-state index in [2.05, 4.69) is 5.32 Å². The Morgan fingerprint density at radius 1 is 1.05 bits per heavy atom. The Morgan fingerprint density at radius 3 is 2.42 bits per heavy atom. The van der Waals surface area contributed by atoms with Crippen molar-refractivity contribution in [1.82, 2.24) is 5.32 Å². The summed E-state index contributed by atoms with van der Waals surface area (Å²) in [5, 5.41) is 2.78. The third-order valence-corrected chi connectivity index (χ3v) is 2.61. The molecule has 0 saturated heterocycles. The van der Waals surface area contributed by atoms with Gasteiger partial charge in [-0.15, -0.1) is 0 Å². The number of nitrogens with one attached hydrogen (secondary N) is 1. The number of carbonyl (C=O) groups excluding carboxylic acids is 1. The first-order valence-corrected chi connectivity index (χ1v) is 5.99. The second kappa shape index (κ2) is 6.50. The van der Waals surface area contributed by atoms with Gasteiger partial charge in [-0.05, 0) is 29.3 Å². The van der Waals surface area contributed by atoms with E-state index in [1.807, 2.05) is 30.3 Å². The first-order valence-electron chi connectivity index (χ1n) is 5.99. The van der Waals surface area contributed by atoms with Gasteiger partial charge in [0.1, 0.15) is 5.82 Å². The second-order valence-corrected chi connectivity index (χ2v) is 4.09. The van der Waals surface area contributed by atoms with Crippen molar-refractivity contribution >= 4 is 12.0 Å². The van der Waals surface area contributed by atoms with Crippen LogP contribution in [0, 0.1) is 5.82 Å². The number of hydrogen-bond donors (Lipinski definition) is 1. The molecule has 0 bridgehead atoms. The maximum atomic E-state index is 12.7. The van der Waals surface area contributed by atoms with Crippen molar-refractivity contribution in [3.63, 3.8) is 0 Å². The predicted molar refractivity (Wildman–Crippen MR) is 73.7 cm³/mol. The summed E-state index contributed by atoms with van der Waals surface area (Å²) >= 11 is 0. The van der Waals surface area contributed by atoms with Crippen molar-refractivity contribution in [3.8, 4) is 0 Å². The van der Waals surface area contributed by atoms with Gasteiger partial charge in [0, 0.05) is 12.6 Å². The van der Waals surface area contributed by atoms with Gasteiger partial charge < -0.3 is 5.32 Å². The van der Waals surface area contributed by atoms with Crippen LogP contribution in [-0.4, -0.2) is 5.91 Å². The minimum Gasteiger partial charge on any atom is -0.348 e. The van der Waals surface area contributed by atoms with Crippen LogP contribution in [0.25, 0.3) is 6.08 Å². The minimum absolute atomic E-state index is 0.173. The van der Waals surface area contributed by atoms with Gasteiger partial charge in [0.25, 0.3) is 0 Å². The molecule has 2 rings (SSSR count). The van der Waals surface area contributed by atoms with E-state index in [4.69, 9.17) is 0 Å². The van der Waals surface area contributed by atoms with Crippen molar-refractivity contribution < 1.29 is 9.18 Å². The molecule has 1 N–H and O–H groups in total. The van der Waals surface area contributed by atoms with Crippen LogP contribution in [-0.2, 0) is 11.3 Å². The van der Waals surface area contributed by atoms with Crippen LogP contribution in [0.15, 0.2) is 60.7 Å². The molecule has 0 heterocycles. The molecule has 0 radical (unpaired) electrons. The average molecular weight is 255 g/mol. The van der Waals surface area contributed by atoms with E-state index in [0.29, 0.717) is 6.54 Å². The third-order valence-electron chi connectivity index (χ3n) is 2.61. The van der Waals surface area contributed by atoms with Gasteiger partial charge in [0.15, 0.2) is 0 Å². The summed E-state index contributed by atoms with van der Waals surface area (Å²) in [5.41, 5.74) is 1.84. The van der Waals surface area contributed by atoms with Crippen LogP contribution in [0.2, 0.25) is 0 Å². The molecule has 0 aliphatic carbocycles. The van der Waals surface area contributed by atoms with Crippen molar-refractivity contribution in [3.05, 3.63) is 77.6 Å². The van der Waals surface area contributed by atoms with Gasteiger partial charge in [-0.25, -0.2) is 4.39 Å². The molecule has 0 aliphatic heterocycles. The topological polar surface area (TPSA) is 29.1 Å². The van der Waals surface area contributed by atoms with Crippen LogP contribution < -0.4 is 5.32 Å². The minimum atomic E-state index is -0.286. The first-order chi connectivity index (χ1) is 9.24. The van der Waals surface area contributed by atoms with Gasteiger partial charge in [-0.1, -0.05) is 42.5 Å². The zero-order chi connectivity index (χ0) is 13.5. The fraction of sp³-hybridized carbons (Fsp3) is 0.0625. The number of carbonyl (C=O) groups is 1. The highest BCUT2D eigenvalue weighted by molar-refractivity contribution is 5.91. The van der Waals surface area contributed by atoms with Crippen molar-refractivity contribution in [2.75, 3.05) is 0 Å². The zero-order valence-electron chi connectivity index (χ0n) is 10.3. The summed E-state index contributed by atoms with van der Waals surface area (Å²) in [6.45, 7) is 0.493. The molecular formula is C16H14FNO. The highest BCUT2D eigenvalue weighted by Gasteiger charge is 1.96. The van der Waals surface area contributed by atoms with Crippen molar-refractivity contribution in [1.29, 1.82) is 0 Å². The lowest BCUT2D eigenvalue weighted by Crippen LogP contribution is -2.20. The lowest BCUT2D eigenvalue weighted by atomic mass is 10.2. The molecule has 0 aromatic heterocycles. The van der Waals surface area contributed by atoms with E-state index in [1.54, 1.807) is 18.2 Å². The third kappa shape index (κ3) is 4.39. The zero-order valence-corrected chi connectivity index (χ0v) is 10.3. The molecule has 0 unspecified atom stereocenters. The Bertz CT molecular complexity index is 561. The smallest absolute Gasteiger partial charge is 0.244 e. The SMILES string of the molecule is O=C(/C=C/c1ccc(F)cc1)NCc1ccccc1. The summed E-state index contributed by atoms with van der Waals surface area (Å²) in [6, 6.07) is 15.6. The maximum absolute atomic E-state index is 12.7. The average Bonchev–Trinajstić information content (AvgIpc) is 2.45. The van der Waals surface area contributed by atoms with Crippen LogP contribution in [0.1, 0.15) is 11.1 Å². The van der Waals surface area contributed by atoms with Gasteiger partial charge in [0.2, 0.25) is 5.91 Å². The number of halogens is 1. The Labute approximate surface area is 111 Å². The number of rotatable bonds is 4. The number of hydrogen-bond acceptors (Lipinski definition) is 1. The van der Waals surface area contributed by atoms with Crippen LogP contribution in [0.4, 0.5) is 4.39 Å². The molecule has 0 saturated carbocycles. The van der Waals surface area contributed by atoms with E-state index in [9.17, 15) is 9.18 Å². The molecule has 1 amide bonds. The predicted octanol–water partition coefficient (Wildman–Crippen LogP) is 3.16. The molecule has 19 heavy (non-hydrogen) atoms. The number of benzene rings is 2. The summed E-state index contributed by atoms with van der Waals surface area (Å²) in [4.78, 5) is 11.6. The highest BCUT2D eigenvalue weighted by Crippen LogP contribution is 2.04. The van der Waals surface area contributed by atoms with E-state index < -0.39 is 0 Å². The van der Waals surface area contributed by atoms with E-state index in [1.165, 1.54) is 18.2 Å². The lowest BCUT2D eigenvalue weighted by molar-refractivity contribution is -0.116. The highest BCUT2D eigenvalue weighted by atomic mass is 19.1. The van der Waals surface area contributed by atoms with Crippen LogP contribution in [0.5, 0.6) is 0 Å². The molecule has 2 nitrogen and oxygen atoms in total. The largest absolute Gasteiger partial charge is 0.348 e. The quantitative estimate of drug-likeness (QED) is 0.835. The van der Waals surface area contributed by atoms with Crippen molar-refractivity contribution in [2.24, 2.45) is 0 Å².